The lowest BCUT2D eigenvalue weighted by molar-refractivity contribution is -0.140. The molecule has 138 valence electrons. The zero-order valence-corrected chi connectivity index (χ0v) is 13.6. The molecule has 4 nitrogen and oxygen atoms in total. The number of alkyl halides is 3. The molecule has 0 spiro atoms. The molecule has 3 rings (SSSR count). The maximum atomic E-state index is 13.3. The first kappa shape index (κ1) is 18.1. The molecule has 1 aromatic rings. The lowest BCUT2D eigenvalue weighted by Gasteiger charge is -2.42. The van der Waals surface area contributed by atoms with Crippen molar-refractivity contribution in [1.29, 1.82) is 0 Å². The van der Waals surface area contributed by atoms with Crippen LogP contribution in [-0.4, -0.2) is 43.2 Å². The third-order valence-corrected chi connectivity index (χ3v) is 4.81. The van der Waals surface area contributed by atoms with Gasteiger partial charge < -0.3 is 10.1 Å². The van der Waals surface area contributed by atoms with Gasteiger partial charge in [0.2, 0.25) is 5.91 Å². The van der Waals surface area contributed by atoms with Crippen molar-refractivity contribution >= 4 is 11.6 Å². The fraction of sp³-hybridized carbons (Fsp3) is 0.588. The third-order valence-electron chi connectivity index (χ3n) is 4.81. The molecule has 8 heteroatoms. The highest BCUT2D eigenvalue weighted by molar-refractivity contribution is 5.95. The first-order valence-electron chi connectivity index (χ1n) is 8.34. The predicted octanol–water partition coefficient (Wildman–Crippen LogP) is 3.28. The van der Waals surface area contributed by atoms with Gasteiger partial charge in [0.15, 0.2) is 0 Å². The van der Waals surface area contributed by atoms with Crippen molar-refractivity contribution in [1.82, 2.24) is 4.90 Å². The topological polar surface area (TPSA) is 41.6 Å². The summed E-state index contributed by atoms with van der Waals surface area (Å²) in [6, 6.07) is 2.15. The summed E-state index contributed by atoms with van der Waals surface area (Å²) in [6.45, 7) is 3.04. The first-order chi connectivity index (χ1) is 11.8. The number of nitrogens with zero attached hydrogens (tertiary/aromatic N) is 1. The fourth-order valence-corrected chi connectivity index (χ4v) is 3.26. The van der Waals surface area contributed by atoms with Crippen molar-refractivity contribution in [2.75, 3.05) is 31.6 Å². The van der Waals surface area contributed by atoms with E-state index in [9.17, 15) is 22.4 Å². The normalized spacial score (nSPS) is 22.5. The van der Waals surface area contributed by atoms with Crippen molar-refractivity contribution in [3.63, 3.8) is 0 Å². The van der Waals surface area contributed by atoms with E-state index in [0.29, 0.717) is 18.4 Å². The van der Waals surface area contributed by atoms with Gasteiger partial charge in [0.05, 0.1) is 11.6 Å². The van der Waals surface area contributed by atoms with E-state index in [1.165, 1.54) is 0 Å². The van der Waals surface area contributed by atoms with Gasteiger partial charge in [-0.15, -0.1) is 0 Å². The van der Waals surface area contributed by atoms with Crippen LogP contribution in [0.25, 0.3) is 0 Å². The van der Waals surface area contributed by atoms with Crippen LogP contribution in [0.5, 0.6) is 0 Å². The molecule has 1 atom stereocenters. The largest absolute Gasteiger partial charge is 0.419 e. The van der Waals surface area contributed by atoms with Gasteiger partial charge in [-0.25, -0.2) is 4.39 Å². The van der Waals surface area contributed by atoms with Crippen LogP contribution >= 0.6 is 0 Å². The molecular weight excluding hydrogens is 340 g/mol. The lowest BCUT2D eigenvalue weighted by Crippen LogP contribution is -2.55. The second kappa shape index (κ2) is 7.29. The van der Waals surface area contributed by atoms with E-state index in [-0.39, 0.29) is 17.6 Å². The third kappa shape index (κ3) is 4.30. The molecule has 0 aromatic heterocycles. The Morgan fingerprint density at radius 2 is 1.96 bits per heavy atom. The second-order valence-corrected chi connectivity index (χ2v) is 6.54. The minimum absolute atomic E-state index is 0.0448. The van der Waals surface area contributed by atoms with Crippen molar-refractivity contribution < 1.29 is 27.1 Å². The number of ether oxygens (including phenoxy) is 1. The van der Waals surface area contributed by atoms with Gasteiger partial charge in [0, 0.05) is 32.0 Å². The van der Waals surface area contributed by atoms with Gasteiger partial charge in [-0.1, -0.05) is 0 Å². The smallest absolute Gasteiger partial charge is 0.381 e. The summed E-state index contributed by atoms with van der Waals surface area (Å²) in [5.74, 6) is -1.22. The SMILES string of the molecule is O=C(Nc1ccc(F)c(C(F)(F)F)c1)[C@@H]1CCN1CC1CCOCC1. The van der Waals surface area contributed by atoms with Crippen molar-refractivity contribution in [2.24, 2.45) is 5.92 Å². The van der Waals surface area contributed by atoms with Gasteiger partial charge in [-0.05, 0) is 43.4 Å². The molecule has 2 aliphatic heterocycles. The fourth-order valence-electron chi connectivity index (χ4n) is 3.26. The molecule has 0 bridgehead atoms. The number of amides is 1. The number of nitrogens with one attached hydrogen (secondary N) is 1. The number of carbonyl (C=O) groups is 1. The molecule has 1 amide bonds. The highest BCUT2D eigenvalue weighted by atomic mass is 19.4. The Labute approximate surface area is 143 Å². The number of anilines is 1. The van der Waals surface area contributed by atoms with Crippen LogP contribution in [0.1, 0.15) is 24.8 Å². The first-order valence-corrected chi connectivity index (χ1v) is 8.34. The van der Waals surface area contributed by atoms with E-state index in [1.807, 2.05) is 4.90 Å². The molecule has 0 saturated carbocycles. The second-order valence-electron chi connectivity index (χ2n) is 6.54. The molecular formula is C17H20F4N2O2. The summed E-state index contributed by atoms with van der Waals surface area (Å²) < 4.78 is 56.9. The number of benzene rings is 1. The quantitative estimate of drug-likeness (QED) is 0.838. The van der Waals surface area contributed by atoms with Crippen LogP contribution in [0, 0.1) is 11.7 Å². The number of hydrogen-bond acceptors (Lipinski definition) is 3. The summed E-state index contributed by atoms with van der Waals surface area (Å²) in [5.41, 5.74) is -1.42. The molecule has 2 fully saturated rings. The van der Waals surface area contributed by atoms with Crippen LogP contribution in [0.4, 0.5) is 23.2 Å². The van der Waals surface area contributed by atoms with Gasteiger partial charge in [-0.2, -0.15) is 13.2 Å². The van der Waals surface area contributed by atoms with Crippen LogP contribution in [-0.2, 0) is 15.7 Å². The number of hydrogen-bond donors (Lipinski definition) is 1. The summed E-state index contributed by atoms with van der Waals surface area (Å²) in [6.07, 6.45) is -2.21. The van der Waals surface area contributed by atoms with Gasteiger partial charge in [0.1, 0.15) is 5.82 Å². The van der Waals surface area contributed by atoms with E-state index >= 15 is 0 Å². The zero-order valence-electron chi connectivity index (χ0n) is 13.6. The summed E-state index contributed by atoms with van der Waals surface area (Å²) in [7, 11) is 0. The van der Waals surface area contributed by atoms with Crippen LogP contribution < -0.4 is 5.32 Å². The van der Waals surface area contributed by atoms with E-state index in [0.717, 1.165) is 51.3 Å². The molecule has 0 aliphatic carbocycles. The Morgan fingerprint density at radius 3 is 2.56 bits per heavy atom. The van der Waals surface area contributed by atoms with Crippen molar-refractivity contribution in [2.45, 2.75) is 31.5 Å². The lowest BCUT2D eigenvalue weighted by atomic mass is 9.94. The molecule has 0 radical (unpaired) electrons. The molecule has 1 N–H and O–H groups in total. The van der Waals surface area contributed by atoms with Crippen LogP contribution in [0.15, 0.2) is 18.2 Å². The predicted molar refractivity (Wildman–Crippen MR) is 83.6 cm³/mol. The molecule has 1 aromatic carbocycles. The Balaban J connectivity index is 1.60. The Bertz CT molecular complexity index is 630. The Kier molecular flexibility index (Phi) is 5.29. The molecule has 2 heterocycles. The highest BCUT2D eigenvalue weighted by Crippen LogP contribution is 2.33. The Morgan fingerprint density at radius 1 is 1.24 bits per heavy atom. The van der Waals surface area contributed by atoms with E-state index in [1.54, 1.807) is 0 Å². The minimum atomic E-state index is -4.80. The maximum Gasteiger partial charge on any atom is 0.419 e. The van der Waals surface area contributed by atoms with E-state index in [4.69, 9.17) is 4.74 Å². The molecule has 0 unspecified atom stereocenters. The minimum Gasteiger partial charge on any atom is -0.381 e. The average Bonchev–Trinajstić information content (AvgIpc) is 2.53. The standard InChI is InChI=1S/C17H20F4N2O2/c18-14-2-1-12(9-13(14)17(19,20)21)22-16(24)15-3-6-23(15)10-11-4-7-25-8-5-11/h1-2,9,11,15H,3-8,10H2,(H,22,24)/t15-/m0/s1. The average molecular weight is 360 g/mol. The Hall–Kier alpha value is -1.67. The van der Waals surface area contributed by atoms with Gasteiger partial charge in [-0.3, -0.25) is 9.69 Å². The van der Waals surface area contributed by atoms with E-state index in [2.05, 4.69) is 5.32 Å². The maximum absolute atomic E-state index is 13.3. The highest BCUT2D eigenvalue weighted by Gasteiger charge is 2.37. The summed E-state index contributed by atoms with van der Waals surface area (Å²) in [5, 5.41) is 2.48. The zero-order chi connectivity index (χ0) is 18.0. The van der Waals surface area contributed by atoms with Crippen LogP contribution in [0.2, 0.25) is 0 Å². The van der Waals surface area contributed by atoms with Gasteiger partial charge in [0.25, 0.3) is 0 Å². The summed E-state index contributed by atoms with van der Waals surface area (Å²) in [4.78, 5) is 14.4. The number of rotatable bonds is 4. The molecule has 2 saturated heterocycles. The number of carbonyl (C=O) groups excluding carboxylic acids is 1. The van der Waals surface area contributed by atoms with Crippen molar-refractivity contribution in [3.05, 3.63) is 29.6 Å². The van der Waals surface area contributed by atoms with Gasteiger partial charge >= 0.3 is 6.18 Å². The van der Waals surface area contributed by atoms with Crippen molar-refractivity contribution in [3.8, 4) is 0 Å². The number of likely N-dealkylation sites (tertiary alicyclic amines) is 1. The monoisotopic (exact) mass is 360 g/mol. The van der Waals surface area contributed by atoms with Crippen LogP contribution in [0.3, 0.4) is 0 Å². The number of halogens is 4. The molecule has 25 heavy (non-hydrogen) atoms. The summed E-state index contributed by atoms with van der Waals surface area (Å²) >= 11 is 0. The molecule has 2 aliphatic rings. The van der Waals surface area contributed by atoms with E-state index < -0.39 is 17.6 Å².